The monoisotopic (exact) mass is 271 g/mol. The highest BCUT2D eigenvalue weighted by molar-refractivity contribution is 5.78. The van der Waals surface area contributed by atoms with Crippen molar-refractivity contribution in [2.24, 2.45) is 0 Å². The zero-order valence-electron chi connectivity index (χ0n) is 11.2. The minimum atomic E-state index is -0.485. The Bertz CT molecular complexity index is 552. The topological polar surface area (TPSA) is 65.4 Å². The summed E-state index contributed by atoms with van der Waals surface area (Å²) in [5, 5.41) is 12.2. The van der Waals surface area contributed by atoms with Crippen molar-refractivity contribution in [3.8, 4) is 6.07 Å². The van der Waals surface area contributed by atoms with E-state index in [-0.39, 0.29) is 11.8 Å². The van der Waals surface area contributed by atoms with Gasteiger partial charge in [0.1, 0.15) is 0 Å². The molecule has 1 amide bonds. The number of morpholine rings is 1. The summed E-state index contributed by atoms with van der Waals surface area (Å²) in [7, 11) is 0. The van der Waals surface area contributed by atoms with Crippen LogP contribution in [0.2, 0.25) is 0 Å². The number of para-hydroxylation sites is 1. The summed E-state index contributed by atoms with van der Waals surface area (Å²) in [6.45, 7) is 2.22. The van der Waals surface area contributed by atoms with Crippen molar-refractivity contribution in [2.75, 3.05) is 31.6 Å². The zero-order valence-corrected chi connectivity index (χ0v) is 11.2. The molecular weight excluding hydrogens is 254 g/mol. The summed E-state index contributed by atoms with van der Waals surface area (Å²) in [4.78, 5) is 14.1. The molecule has 1 saturated heterocycles. The van der Waals surface area contributed by atoms with E-state index in [1.54, 1.807) is 4.90 Å². The average molecular weight is 271 g/mol. The lowest BCUT2D eigenvalue weighted by molar-refractivity contribution is -0.137. The van der Waals surface area contributed by atoms with Crippen molar-refractivity contribution >= 4 is 11.6 Å². The Morgan fingerprint density at radius 2 is 2.35 bits per heavy atom. The van der Waals surface area contributed by atoms with E-state index in [4.69, 9.17) is 10.00 Å². The quantitative estimate of drug-likeness (QED) is 0.881. The van der Waals surface area contributed by atoms with Gasteiger partial charge in [0.25, 0.3) is 0 Å². The molecule has 104 valence electrons. The Balaban J connectivity index is 1.64. The summed E-state index contributed by atoms with van der Waals surface area (Å²) in [6, 6.07) is 10.2. The molecule has 1 N–H and O–H groups in total. The lowest BCUT2D eigenvalue weighted by atomic mass is 9.97. The number of anilines is 1. The van der Waals surface area contributed by atoms with Gasteiger partial charge in [0.05, 0.1) is 19.2 Å². The average Bonchev–Trinajstić information content (AvgIpc) is 2.90. The third-order valence-corrected chi connectivity index (χ3v) is 3.92. The van der Waals surface area contributed by atoms with Gasteiger partial charge in [-0.2, -0.15) is 5.26 Å². The van der Waals surface area contributed by atoms with Gasteiger partial charge in [-0.1, -0.05) is 18.2 Å². The highest BCUT2D eigenvalue weighted by Crippen LogP contribution is 2.33. The Labute approximate surface area is 118 Å². The minimum absolute atomic E-state index is 0.108. The first-order chi connectivity index (χ1) is 9.78. The number of nitrogens with zero attached hydrogens (tertiary/aromatic N) is 2. The number of fused-ring (bicyclic) bond motifs is 1. The van der Waals surface area contributed by atoms with E-state index in [0.717, 1.165) is 12.2 Å². The lowest BCUT2D eigenvalue weighted by Gasteiger charge is -2.30. The molecule has 5 nitrogen and oxygen atoms in total. The Kier molecular flexibility index (Phi) is 3.57. The maximum absolute atomic E-state index is 12.4. The third-order valence-electron chi connectivity index (χ3n) is 3.92. The molecule has 2 unspecified atom stereocenters. The van der Waals surface area contributed by atoms with Crippen LogP contribution in [0.15, 0.2) is 24.3 Å². The SMILES string of the molecule is N#CC1CN(C(=O)CC2CNc3ccccc32)CCO1. The van der Waals surface area contributed by atoms with Crippen LogP contribution < -0.4 is 5.32 Å². The number of benzene rings is 1. The normalized spacial score (nSPS) is 24.6. The number of carbonyl (C=O) groups excluding carboxylic acids is 1. The highest BCUT2D eigenvalue weighted by atomic mass is 16.5. The second-order valence-electron chi connectivity index (χ2n) is 5.20. The van der Waals surface area contributed by atoms with Crippen LogP contribution >= 0.6 is 0 Å². The second-order valence-corrected chi connectivity index (χ2v) is 5.20. The Morgan fingerprint density at radius 1 is 1.50 bits per heavy atom. The maximum Gasteiger partial charge on any atom is 0.223 e. The van der Waals surface area contributed by atoms with E-state index < -0.39 is 6.10 Å². The van der Waals surface area contributed by atoms with Crippen molar-refractivity contribution in [1.82, 2.24) is 4.90 Å². The summed E-state index contributed by atoms with van der Waals surface area (Å²) < 4.78 is 5.27. The number of nitrogens with one attached hydrogen (secondary N) is 1. The van der Waals surface area contributed by atoms with Crippen molar-refractivity contribution in [3.63, 3.8) is 0 Å². The van der Waals surface area contributed by atoms with Gasteiger partial charge < -0.3 is 15.0 Å². The van der Waals surface area contributed by atoms with Crippen molar-refractivity contribution in [2.45, 2.75) is 18.4 Å². The second kappa shape index (κ2) is 5.51. The Hall–Kier alpha value is -2.06. The smallest absolute Gasteiger partial charge is 0.223 e. The molecule has 0 aromatic heterocycles. The van der Waals surface area contributed by atoms with Crippen molar-refractivity contribution < 1.29 is 9.53 Å². The molecule has 0 spiro atoms. The molecule has 1 aromatic carbocycles. The number of rotatable bonds is 2. The molecule has 20 heavy (non-hydrogen) atoms. The summed E-state index contributed by atoms with van der Waals surface area (Å²) in [5.41, 5.74) is 2.34. The molecule has 2 atom stereocenters. The highest BCUT2D eigenvalue weighted by Gasteiger charge is 2.29. The van der Waals surface area contributed by atoms with Gasteiger partial charge >= 0.3 is 0 Å². The number of hydrogen-bond donors (Lipinski definition) is 1. The standard InChI is InChI=1S/C15H17N3O2/c16-8-12-10-18(5-6-20-12)15(19)7-11-9-17-14-4-2-1-3-13(11)14/h1-4,11-12,17H,5-7,9-10H2. The molecule has 0 saturated carbocycles. The predicted octanol–water partition coefficient (Wildman–Crippen LogP) is 1.34. The van der Waals surface area contributed by atoms with Crippen LogP contribution in [-0.4, -0.2) is 43.2 Å². The fourth-order valence-electron chi connectivity index (χ4n) is 2.83. The third kappa shape index (κ3) is 2.47. The summed E-state index contributed by atoms with van der Waals surface area (Å²) in [6.07, 6.45) is 0.00371. The molecule has 0 radical (unpaired) electrons. The summed E-state index contributed by atoms with van der Waals surface area (Å²) in [5.74, 6) is 0.333. The van der Waals surface area contributed by atoms with E-state index in [9.17, 15) is 4.79 Å². The first-order valence-electron chi connectivity index (χ1n) is 6.89. The molecule has 2 aliphatic heterocycles. The van der Waals surface area contributed by atoms with Crippen LogP contribution in [0.4, 0.5) is 5.69 Å². The van der Waals surface area contributed by atoms with Gasteiger partial charge in [0.15, 0.2) is 6.10 Å². The van der Waals surface area contributed by atoms with Crippen LogP contribution in [0.3, 0.4) is 0 Å². The molecule has 1 aromatic rings. The predicted molar refractivity (Wildman–Crippen MR) is 74.2 cm³/mol. The number of carbonyl (C=O) groups is 1. The first-order valence-corrected chi connectivity index (χ1v) is 6.89. The molecular formula is C15H17N3O2. The maximum atomic E-state index is 12.4. The van der Waals surface area contributed by atoms with Crippen molar-refractivity contribution in [1.29, 1.82) is 5.26 Å². The molecule has 2 aliphatic rings. The fraction of sp³-hybridized carbons (Fsp3) is 0.467. The van der Waals surface area contributed by atoms with Crippen LogP contribution in [-0.2, 0) is 9.53 Å². The van der Waals surface area contributed by atoms with E-state index in [1.807, 2.05) is 18.2 Å². The van der Waals surface area contributed by atoms with Gasteiger partial charge in [0.2, 0.25) is 5.91 Å². The number of hydrogen-bond acceptors (Lipinski definition) is 4. The van der Waals surface area contributed by atoms with E-state index in [1.165, 1.54) is 5.56 Å². The number of nitriles is 1. The van der Waals surface area contributed by atoms with Gasteiger partial charge in [-0.25, -0.2) is 0 Å². The number of amides is 1. The molecule has 1 fully saturated rings. The van der Waals surface area contributed by atoms with Crippen LogP contribution in [0.25, 0.3) is 0 Å². The minimum Gasteiger partial charge on any atom is -0.384 e. The van der Waals surface area contributed by atoms with Gasteiger partial charge in [-0.3, -0.25) is 4.79 Å². The van der Waals surface area contributed by atoms with Gasteiger partial charge in [0, 0.05) is 31.1 Å². The van der Waals surface area contributed by atoms with E-state index >= 15 is 0 Å². The van der Waals surface area contributed by atoms with Crippen LogP contribution in [0, 0.1) is 11.3 Å². The van der Waals surface area contributed by atoms with E-state index in [2.05, 4.69) is 17.5 Å². The first kappa shape index (κ1) is 12.9. The van der Waals surface area contributed by atoms with Gasteiger partial charge in [-0.15, -0.1) is 0 Å². The molecule has 3 rings (SSSR count). The zero-order chi connectivity index (χ0) is 13.9. The molecule has 0 bridgehead atoms. The molecule has 5 heteroatoms. The molecule has 2 heterocycles. The fourth-order valence-corrected chi connectivity index (χ4v) is 2.83. The Morgan fingerprint density at radius 3 is 3.20 bits per heavy atom. The van der Waals surface area contributed by atoms with E-state index in [0.29, 0.717) is 26.1 Å². The number of ether oxygens (including phenoxy) is 1. The van der Waals surface area contributed by atoms with Gasteiger partial charge in [-0.05, 0) is 11.6 Å². The molecule has 0 aliphatic carbocycles. The van der Waals surface area contributed by atoms with Crippen LogP contribution in [0.1, 0.15) is 17.9 Å². The van der Waals surface area contributed by atoms with Crippen molar-refractivity contribution in [3.05, 3.63) is 29.8 Å². The largest absolute Gasteiger partial charge is 0.384 e. The lowest BCUT2D eigenvalue weighted by Crippen LogP contribution is -2.45. The summed E-state index contributed by atoms with van der Waals surface area (Å²) >= 11 is 0. The van der Waals surface area contributed by atoms with Crippen LogP contribution in [0.5, 0.6) is 0 Å².